The number of rotatable bonds is 3. The quantitative estimate of drug-likeness (QED) is 0.757. The van der Waals surface area contributed by atoms with Crippen LogP contribution in [0.5, 0.6) is 5.75 Å². The van der Waals surface area contributed by atoms with E-state index in [1.165, 1.54) is 12.1 Å². The van der Waals surface area contributed by atoms with Crippen LogP contribution in [0, 0.1) is 13.8 Å². The Morgan fingerprint density at radius 1 is 1.10 bits per heavy atom. The van der Waals surface area contributed by atoms with E-state index in [-0.39, 0.29) is 22.9 Å². The lowest BCUT2D eigenvalue weighted by Gasteiger charge is -2.11. The van der Waals surface area contributed by atoms with Crippen LogP contribution in [-0.4, -0.2) is 22.1 Å². The Morgan fingerprint density at radius 2 is 1.81 bits per heavy atom. The second-order valence-corrected chi connectivity index (χ2v) is 4.74. The van der Waals surface area contributed by atoms with E-state index in [0.717, 1.165) is 17.2 Å². The lowest BCUT2D eigenvalue weighted by Crippen LogP contribution is -2.14. The van der Waals surface area contributed by atoms with Crippen LogP contribution in [0.2, 0.25) is 0 Å². The molecule has 5 nitrogen and oxygen atoms in total. The maximum atomic E-state index is 12.2. The van der Waals surface area contributed by atoms with E-state index >= 15 is 0 Å². The van der Waals surface area contributed by atoms with Crippen molar-refractivity contribution in [3.05, 3.63) is 58.7 Å². The van der Waals surface area contributed by atoms with Crippen molar-refractivity contribution in [1.29, 1.82) is 0 Å². The SMILES string of the molecule is Cc1cccc(C(=O)Nc2ccc(C(=O)O)cc2O)c1C. The van der Waals surface area contributed by atoms with Gasteiger partial charge in [-0.1, -0.05) is 12.1 Å². The van der Waals surface area contributed by atoms with Gasteiger partial charge in [0.1, 0.15) is 5.75 Å². The number of phenolic OH excluding ortho intramolecular Hbond substituents is 1. The minimum Gasteiger partial charge on any atom is -0.506 e. The molecular weight excluding hydrogens is 270 g/mol. The number of carboxylic acid groups (broad SMARTS) is 1. The first kappa shape index (κ1) is 14.6. The fourth-order valence-electron chi connectivity index (χ4n) is 1.96. The summed E-state index contributed by atoms with van der Waals surface area (Å²) >= 11 is 0. The van der Waals surface area contributed by atoms with Gasteiger partial charge in [0.15, 0.2) is 0 Å². The largest absolute Gasteiger partial charge is 0.506 e. The predicted octanol–water partition coefficient (Wildman–Crippen LogP) is 2.96. The molecule has 1 amide bonds. The summed E-state index contributed by atoms with van der Waals surface area (Å²) in [5.74, 6) is -1.78. The van der Waals surface area contributed by atoms with E-state index < -0.39 is 5.97 Å². The molecule has 0 radical (unpaired) electrons. The summed E-state index contributed by atoms with van der Waals surface area (Å²) in [6.07, 6.45) is 0. The Kier molecular flexibility index (Phi) is 3.93. The van der Waals surface area contributed by atoms with Crippen molar-refractivity contribution in [2.45, 2.75) is 13.8 Å². The molecule has 21 heavy (non-hydrogen) atoms. The Labute approximate surface area is 121 Å². The molecule has 0 fully saturated rings. The molecule has 0 saturated heterocycles. The summed E-state index contributed by atoms with van der Waals surface area (Å²) in [6.45, 7) is 3.75. The number of carboxylic acids is 1. The highest BCUT2D eigenvalue weighted by Crippen LogP contribution is 2.25. The minimum atomic E-state index is -1.14. The molecule has 2 aromatic carbocycles. The summed E-state index contributed by atoms with van der Waals surface area (Å²) in [5.41, 5.74) is 2.49. The van der Waals surface area contributed by atoms with Gasteiger partial charge in [0.25, 0.3) is 5.91 Å². The van der Waals surface area contributed by atoms with Crippen LogP contribution in [0.1, 0.15) is 31.8 Å². The molecule has 0 heterocycles. The van der Waals surface area contributed by atoms with Crippen molar-refractivity contribution >= 4 is 17.6 Å². The highest BCUT2D eigenvalue weighted by Gasteiger charge is 2.13. The first-order valence-electron chi connectivity index (χ1n) is 6.34. The van der Waals surface area contributed by atoms with Crippen molar-refractivity contribution in [2.24, 2.45) is 0 Å². The van der Waals surface area contributed by atoms with E-state index in [1.54, 1.807) is 12.1 Å². The molecule has 5 heteroatoms. The van der Waals surface area contributed by atoms with Gasteiger partial charge in [-0.05, 0) is 49.2 Å². The number of aromatic hydroxyl groups is 1. The highest BCUT2D eigenvalue weighted by atomic mass is 16.4. The van der Waals surface area contributed by atoms with Gasteiger partial charge < -0.3 is 15.5 Å². The lowest BCUT2D eigenvalue weighted by molar-refractivity contribution is 0.0696. The molecule has 3 N–H and O–H groups in total. The van der Waals surface area contributed by atoms with Crippen molar-refractivity contribution < 1.29 is 19.8 Å². The van der Waals surface area contributed by atoms with Gasteiger partial charge in [-0.3, -0.25) is 4.79 Å². The normalized spacial score (nSPS) is 10.2. The molecule has 0 aromatic heterocycles. The summed E-state index contributed by atoms with van der Waals surface area (Å²) in [4.78, 5) is 23.0. The molecule has 0 bridgehead atoms. The Balaban J connectivity index is 2.28. The number of carbonyl (C=O) groups excluding carboxylic acids is 1. The predicted molar refractivity (Wildman–Crippen MR) is 78.9 cm³/mol. The van der Waals surface area contributed by atoms with Gasteiger partial charge in [0.05, 0.1) is 11.3 Å². The van der Waals surface area contributed by atoms with Crippen molar-refractivity contribution in [1.82, 2.24) is 0 Å². The molecule has 0 saturated carbocycles. The molecule has 0 aliphatic carbocycles. The zero-order chi connectivity index (χ0) is 15.6. The topological polar surface area (TPSA) is 86.6 Å². The van der Waals surface area contributed by atoms with Gasteiger partial charge >= 0.3 is 5.97 Å². The van der Waals surface area contributed by atoms with Gasteiger partial charge in [-0.15, -0.1) is 0 Å². The number of aromatic carboxylic acids is 1. The van der Waals surface area contributed by atoms with Gasteiger partial charge in [0, 0.05) is 5.56 Å². The lowest BCUT2D eigenvalue weighted by atomic mass is 10.0. The zero-order valence-corrected chi connectivity index (χ0v) is 11.7. The minimum absolute atomic E-state index is 0.0442. The van der Waals surface area contributed by atoms with E-state index in [9.17, 15) is 14.7 Å². The van der Waals surface area contributed by atoms with Crippen LogP contribution in [-0.2, 0) is 0 Å². The molecule has 0 atom stereocenters. The van der Waals surface area contributed by atoms with Crippen LogP contribution in [0.3, 0.4) is 0 Å². The van der Waals surface area contributed by atoms with E-state index in [0.29, 0.717) is 5.56 Å². The number of aryl methyl sites for hydroxylation is 1. The average molecular weight is 285 g/mol. The van der Waals surface area contributed by atoms with Gasteiger partial charge in [-0.2, -0.15) is 0 Å². The summed E-state index contributed by atoms with van der Waals surface area (Å²) in [6, 6.07) is 9.17. The molecule has 0 aliphatic rings. The monoisotopic (exact) mass is 285 g/mol. The molecule has 0 aliphatic heterocycles. The molecule has 2 aromatic rings. The highest BCUT2D eigenvalue weighted by molar-refractivity contribution is 6.06. The Bertz CT molecular complexity index is 722. The second-order valence-electron chi connectivity index (χ2n) is 4.74. The van der Waals surface area contributed by atoms with Crippen molar-refractivity contribution in [3.8, 4) is 5.75 Å². The van der Waals surface area contributed by atoms with Crippen LogP contribution in [0.15, 0.2) is 36.4 Å². The third-order valence-corrected chi connectivity index (χ3v) is 3.34. The molecule has 2 rings (SSSR count). The first-order chi connectivity index (χ1) is 9.90. The maximum absolute atomic E-state index is 12.2. The molecule has 0 spiro atoms. The third-order valence-electron chi connectivity index (χ3n) is 3.34. The number of hydrogen-bond donors (Lipinski definition) is 3. The van der Waals surface area contributed by atoms with E-state index in [4.69, 9.17) is 5.11 Å². The van der Waals surface area contributed by atoms with Crippen molar-refractivity contribution in [3.63, 3.8) is 0 Å². The third kappa shape index (κ3) is 3.02. The van der Waals surface area contributed by atoms with Crippen LogP contribution < -0.4 is 5.32 Å². The van der Waals surface area contributed by atoms with Crippen LogP contribution in [0.25, 0.3) is 0 Å². The number of amides is 1. The summed E-state index contributed by atoms with van der Waals surface area (Å²) < 4.78 is 0. The zero-order valence-electron chi connectivity index (χ0n) is 11.7. The van der Waals surface area contributed by atoms with E-state index in [2.05, 4.69) is 5.32 Å². The summed E-state index contributed by atoms with van der Waals surface area (Å²) in [5, 5.41) is 21.2. The van der Waals surface area contributed by atoms with Crippen molar-refractivity contribution in [2.75, 3.05) is 5.32 Å². The number of nitrogens with one attached hydrogen (secondary N) is 1. The Hall–Kier alpha value is -2.82. The molecule has 108 valence electrons. The molecule has 0 unspecified atom stereocenters. The number of phenols is 1. The van der Waals surface area contributed by atoms with Gasteiger partial charge in [-0.25, -0.2) is 4.79 Å². The summed E-state index contributed by atoms with van der Waals surface area (Å²) in [7, 11) is 0. The smallest absolute Gasteiger partial charge is 0.335 e. The fourth-order valence-corrected chi connectivity index (χ4v) is 1.96. The van der Waals surface area contributed by atoms with Gasteiger partial charge in [0.2, 0.25) is 0 Å². The standard InChI is InChI=1S/C16H15NO4/c1-9-4-3-5-12(10(9)2)15(19)17-13-7-6-11(16(20)21)8-14(13)18/h3-8,18H,1-2H3,(H,17,19)(H,20,21). The first-order valence-corrected chi connectivity index (χ1v) is 6.34. The Morgan fingerprint density at radius 3 is 2.43 bits per heavy atom. The number of hydrogen-bond acceptors (Lipinski definition) is 3. The molecular formula is C16H15NO4. The number of carbonyl (C=O) groups is 2. The van der Waals surface area contributed by atoms with Crippen LogP contribution >= 0.6 is 0 Å². The van der Waals surface area contributed by atoms with Crippen LogP contribution in [0.4, 0.5) is 5.69 Å². The second kappa shape index (κ2) is 5.66. The fraction of sp³-hybridized carbons (Fsp3) is 0.125. The maximum Gasteiger partial charge on any atom is 0.335 e. The van der Waals surface area contributed by atoms with E-state index in [1.807, 2.05) is 19.9 Å². The number of anilines is 1. The number of benzene rings is 2. The average Bonchev–Trinajstić information content (AvgIpc) is 2.43.